The van der Waals surface area contributed by atoms with Crippen LogP contribution in [0.1, 0.15) is 19.8 Å². The summed E-state index contributed by atoms with van der Waals surface area (Å²) < 4.78 is 24.4. The largest absolute Gasteiger partial charge is 0.325 e. The van der Waals surface area contributed by atoms with E-state index in [9.17, 15) is 13.6 Å². The van der Waals surface area contributed by atoms with Crippen LogP contribution in [0.5, 0.6) is 0 Å². The summed E-state index contributed by atoms with van der Waals surface area (Å²) in [7, 11) is 0. The Labute approximate surface area is 109 Å². The Morgan fingerprint density at radius 1 is 1.50 bits per heavy atom. The second-order valence-electron chi connectivity index (χ2n) is 3.79. The lowest BCUT2D eigenvalue weighted by Gasteiger charge is -2.11. The van der Waals surface area contributed by atoms with Crippen LogP contribution in [0.15, 0.2) is 29.2 Å². The maximum atomic E-state index is 12.2. The molecule has 0 heterocycles. The highest BCUT2D eigenvalue weighted by Gasteiger charge is 2.13. The predicted octanol–water partition coefficient (Wildman–Crippen LogP) is 3.07. The van der Waals surface area contributed by atoms with Gasteiger partial charge in [-0.25, -0.2) is 0 Å². The first kappa shape index (κ1) is 14.9. The molecule has 6 heteroatoms. The molecule has 0 saturated heterocycles. The number of benzene rings is 1. The minimum atomic E-state index is -2.47. The van der Waals surface area contributed by atoms with Crippen LogP contribution in [0.4, 0.5) is 14.5 Å². The molecular weight excluding hydrogens is 258 g/mol. The SMILES string of the molecule is CCCC(N)C(=O)Nc1cccc(SC(F)F)c1. The number of halogens is 2. The molecule has 0 radical (unpaired) electrons. The quantitative estimate of drug-likeness (QED) is 0.784. The molecule has 1 amide bonds. The molecule has 0 aromatic heterocycles. The van der Waals surface area contributed by atoms with Crippen LogP contribution in [0.25, 0.3) is 0 Å². The summed E-state index contributed by atoms with van der Waals surface area (Å²) in [5.74, 6) is -2.77. The van der Waals surface area contributed by atoms with Crippen molar-refractivity contribution >= 4 is 23.4 Å². The number of amides is 1. The molecule has 0 aliphatic rings. The van der Waals surface area contributed by atoms with Gasteiger partial charge in [0.1, 0.15) is 0 Å². The fourth-order valence-electron chi connectivity index (χ4n) is 1.43. The highest BCUT2D eigenvalue weighted by atomic mass is 32.2. The minimum absolute atomic E-state index is 0.295. The third kappa shape index (κ3) is 5.01. The van der Waals surface area contributed by atoms with Crippen LogP contribution in [-0.4, -0.2) is 17.7 Å². The van der Waals surface area contributed by atoms with Crippen molar-refractivity contribution in [2.24, 2.45) is 5.73 Å². The molecule has 0 saturated carbocycles. The third-order valence-electron chi connectivity index (χ3n) is 2.26. The Balaban J connectivity index is 2.64. The van der Waals surface area contributed by atoms with Crippen molar-refractivity contribution in [3.05, 3.63) is 24.3 Å². The molecule has 0 aliphatic carbocycles. The summed E-state index contributed by atoms with van der Waals surface area (Å²) in [5, 5.41) is 2.62. The van der Waals surface area contributed by atoms with Crippen LogP contribution in [0, 0.1) is 0 Å². The number of hydrogen-bond acceptors (Lipinski definition) is 3. The summed E-state index contributed by atoms with van der Waals surface area (Å²) in [6.07, 6.45) is 1.41. The monoisotopic (exact) mass is 274 g/mol. The van der Waals surface area contributed by atoms with E-state index in [0.29, 0.717) is 28.8 Å². The van der Waals surface area contributed by atoms with Crippen LogP contribution < -0.4 is 11.1 Å². The molecule has 1 aromatic rings. The number of thioether (sulfide) groups is 1. The van der Waals surface area contributed by atoms with E-state index < -0.39 is 11.8 Å². The van der Waals surface area contributed by atoms with Crippen molar-refractivity contribution in [1.82, 2.24) is 0 Å². The van der Waals surface area contributed by atoms with E-state index in [4.69, 9.17) is 5.73 Å². The summed E-state index contributed by atoms with van der Waals surface area (Å²) in [6.45, 7) is 1.94. The topological polar surface area (TPSA) is 55.1 Å². The number of carbonyl (C=O) groups excluding carboxylic acids is 1. The average Bonchev–Trinajstić information content (AvgIpc) is 2.28. The molecule has 3 nitrogen and oxygen atoms in total. The molecule has 0 fully saturated rings. The van der Waals surface area contributed by atoms with E-state index in [1.165, 1.54) is 6.07 Å². The zero-order valence-corrected chi connectivity index (χ0v) is 10.8. The molecule has 1 atom stereocenters. The van der Waals surface area contributed by atoms with Gasteiger partial charge in [0.05, 0.1) is 6.04 Å². The van der Waals surface area contributed by atoms with Crippen molar-refractivity contribution in [2.75, 3.05) is 5.32 Å². The number of carbonyl (C=O) groups is 1. The van der Waals surface area contributed by atoms with Crippen molar-refractivity contribution in [3.63, 3.8) is 0 Å². The Kier molecular flexibility index (Phi) is 6.07. The molecule has 1 unspecified atom stereocenters. The van der Waals surface area contributed by atoms with Gasteiger partial charge in [0.2, 0.25) is 5.91 Å². The number of nitrogens with two attached hydrogens (primary N) is 1. The van der Waals surface area contributed by atoms with Gasteiger partial charge in [-0.1, -0.05) is 31.2 Å². The summed E-state index contributed by atoms with van der Waals surface area (Å²) in [4.78, 5) is 12.1. The molecular formula is C12H16F2N2OS. The van der Waals surface area contributed by atoms with Crippen LogP contribution in [-0.2, 0) is 4.79 Å². The second-order valence-corrected chi connectivity index (χ2v) is 4.85. The first-order chi connectivity index (χ1) is 8.52. The first-order valence-corrected chi connectivity index (χ1v) is 6.52. The number of rotatable bonds is 6. The van der Waals surface area contributed by atoms with Crippen LogP contribution in [0.2, 0.25) is 0 Å². The molecule has 18 heavy (non-hydrogen) atoms. The molecule has 1 rings (SSSR count). The van der Waals surface area contributed by atoms with Crippen molar-refractivity contribution < 1.29 is 13.6 Å². The Bertz CT molecular complexity index is 401. The maximum Gasteiger partial charge on any atom is 0.288 e. The van der Waals surface area contributed by atoms with E-state index >= 15 is 0 Å². The first-order valence-electron chi connectivity index (χ1n) is 5.64. The molecule has 100 valence electrons. The molecule has 0 spiro atoms. The smallest absolute Gasteiger partial charge is 0.288 e. The number of nitrogens with one attached hydrogen (secondary N) is 1. The average molecular weight is 274 g/mol. The van der Waals surface area contributed by atoms with Crippen molar-refractivity contribution in [1.29, 1.82) is 0 Å². The van der Waals surface area contributed by atoms with Gasteiger partial charge >= 0.3 is 0 Å². The predicted molar refractivity (Wildman–Crippen MR) is 69.8 cm³/mol. The van der Waals surface area contributed by atoms with Gasteiger partial charge in [0.15, 0.2) is 0 Å². The van der Waals surface area contributed by atoms with E-state index in [2.05, 4.69) is 5.32 Å². The van der Waals surface area contributed by atoms with Crippen LogP contribution >= 0.6 is 11.8 Å². The minimum Gasteiger partial charge on any atom is -0.325 e. The van der Waals surface area contributed by atoms with E-state index in [1.54, 1.807) is 18.2 Å². The van der Waals surface area contributed by atoms with E-state index in [-0.39, 0.29) is 5.91 Å². The van der Waals surface area contributed by atoms with Crippen molar-refractivity contribution in [3.8, 4) is 0 Å². The van der Waals surface area contributed by atoms with E-state index in [1.807, 2.05) is 6.92 Å². The molecule has 3 N–H and O–H groups in total. The van der Waals surface area contributed by atoms with Gasteiger partial charge in [-0.3, -0.25) is 4.79 Å². The van der Waals surface area contributed by atoms with Crippen molar-refractivity contribution in [2.45, 2.75) is 36.5 Å². The third-order valence-corrected chi connectivity index (χ3v) is 2.97. The Morgan fingerprint density at radius 3 is 2.83 bits per heavy atom. The lowest BCUT2D eigenvalue weighted by Crippen LogP contribution is -2.35. The Morgan fingerprint density at radius 2 is 2.22 bits per heavy atom. The highest BCUT2D eigenvalue weighted by Crippen LogP contribution is 2.27. The summed E-state index contributed by atoms with van der Waals surface area (Å²) >= 11 is 0.442. The summed E-state index contributed by atoms with van der Waals surface area (Å²) in [6, 6.07) is 5.77. The maximum absolute atomic E-state index is 12.2. The molecule has 0 aliphatic heterocycles. The van der Waals surface area contributed by atoms with Gasteiger partial charge in [0, 0.05) is 10.6 Å². The standard InChI is InChI=1S/C12H16F2N2OS/c1-2-4-10(15)11(17)16-8-5-3-6-9(7-8)18-12(13)14/h3,5-7,10,12H,2,4,15H2,1H3,(H,16,17). The number of hydrogen-bond donors (Lipinski definition) is 2. The van der Waals surface area contributed by atoms with Gasteiger partial charge in [0.25, 0.3) is 5.76 Å². The van der Waals surface area contributed by atoms with Gasteiger partial charge < -0.3 is 11.1 Å². The van der Waals surface area contributed by atoms with Crippen LogP contribution in [0.3, 0.4) is 0 Å². The van der Waals surface area contributed by atoms with Gasteiger partial charge in [-0.05, 0) is 24.6 Å². The highest BCUT2D eigenvalue weighted by molar-refractivity contribution is 7.99. The normalized spacial score (nSPS) is 12.5. The fraction of sp³-hybridized carbons (Fsp3) is 0.417. The molecule has 1 aromatic carbocycles. The summed E-state index contributed by atoms with van der Waals surface area (Å²) in [5.41, 5.74) is 6.14. The number of alkyl halides is 2. The van der Waals surface area contributed by atoms with E-state index in [0.717, 1.165) is 6.42 Å². The lowest BCUT2D eigenvalue weighted by molar-refractivity contribution is -0.117. The fourth-order valence-corrected chi connectivity index (χ4v) is 1.98. The molecule has 0 bridgehead atoms. The zero-order valence-electron chi connectivity index (χ0n) is 10.0. The number of anilines is 1. The van der Waals surface area contributed by atoms with Gasteiger partial charge in [-0.15, -0.1) is 0 Å². The second kappa shape index (κ2) is 7.33. The zero-order chi connectivity index (χ0) is 13.5. The lowest BCUT2D eigenvalue weighted by atomic mass is 10.1. The Hall–Kier alpha value is -1.14. The van der Waals surface area contributed by atoms with Gasteiger partial charge in [-0.2, -0.15) is 8.78 Å².